The van der Waals surface area contributed by atoms with E-state index in [0.717, 1.165) is 12.1 Å². The molecule has 0 amide bonds. The second kappa shape index (κ2) is 4.88. The number of benzene rings is 1. The van der Waals surface area contributed by atoms with Crippen molar-refractivity contribution in [1.29, 1.82) is 5.26 Å². The second-order valence-electron chi connectivity index (χ2n) is 4.40. The molecule has 0 saturated carbocycles. The number of nitriles is 1. The number of alkyl halides is 3. The number of hydrogen-bond acceptors (Lipinski definition) is 1. The molecule has 2 rings (SSSR count). The third-order valence-corrected chi connectivity index (χ3v) is 3.39. The third-order valence-electron chi connectivity index (χ3n) is 3.07. The van der Waals surface area contributed by atoms with E-state index in [4.69, 9.17) is 16.9 Å². The molecule has 0 unspecified atom stereocenters. The van der Waals surface area contributed by atoms with Gasteiger partial charge in [-0.15, -0.1) is 0 Å². The van der Waals surface area contributed by atoms with Crippen molar-refractivity contribution in [3.63, 3.8) is 0 Å². The lowest BCUT2D eigenvalue weighted by Crippen LogP contribution is -2.07. The Morgan fingerprint density at radius 1 is 1.20 bits per heavy atom. The van der Waals surface area contributed by atoms with Gasteiger partial charge < -0.3 is 4.57 Å². The van der Waals surface area contributed by atoms with Crippen LogP contribution in [0.2, 0.25) is 5.02 Å². The van der Waals surface area contributed by atoms with E-state index in [1.165, 1.54) is 6.07 Å². The molecule has 0 bridgehead atoms. The minimum Gasteiger partial charge on any atom is -0.316 e. The molecule has 20 heavy (non-hydrogen) atoms. The Hall–Kier alpha value is -1.93. The standard InChI is InChI=1S/C14H10ClF3N2/c1-8-5-10(7-19)9(2)20(8)13-6-11(14(16,17)18)3-4-12(13)15/h3-6H,1-2H3. The van der Waals surface area contributed by atoms with Gasteiger partial charge in [-0.1, -0.05) is 11.6 Å². The highest BCUT2D eigenvalue weighted by Gasteiger charge is 2.31. The highest BCUT2D eigenvalue weighted by atomic mass is 35.5. The summed E-state index contributed by atoms with van der Waals surface area (Å²) in [5.41, 5.74) is 1.07. The van der Waals surface area contributed by atoms with Crippen LogP contribution in [0.15, 0.2) is 24.3 Å². The molecule has 104 valence electrons. The van der Waals surface area contributed by atoms with Crippen LogP contribution in [0.3, 0.4) is 0 Å². The number of halogens is 4. The first-order valence-corrected chi connectivity index (χ1v) is 6.09. The first-order chi connectivity index (χ1) is 9.25. The summed E-state index contributed by atoms with van der Waals surface area (Å²) in [5.74, 6) is 0. The molecule has 1 aromatic carbocycles. The maximum Gasteiger partial charge on any atom is 0.416 e. The molecule has 1 aromatic heterocycles. The fourth-order valence-electron chi connectivity index (χ4n) is 2.11. The molecule has 0 aliphatic rings. The van der Waals surface area contributed by atoms with E-state index in [2.05, 4.69) is 0 Å². The molecule has 6 heteroatoms. The lowest BCUT2D eigenvalue weighted by atomic mass is 10.2. The highest BCUT2D eigenvalue weighted by Crippen LogP contribution is 2.34. The fourth-order valence-corrected chi connectivity index (χ4v) is 2.31. The van der Waals surface area contributed by atoms with Crippen molar-refractivity contribution in [1.82, 2.24) is 4.57 Å². The Kier molecular flexibility index (Phi) is 3.53. The molecule has 0 saturated heterocycles. The van der Waals surface area contributed by atoms with Gasteiger partial charge in [-0.2, -0.15) is 18.4 Å². The van der Waals surface area contributed by atoms with Crippen molar-refractivity contribution >= 4 is 11.6 Å². The number of aryl methyl sites for hydroxylation is 1. The van der Waals surface area contributed by atoms with Gasteiger partial charge in [-0.25, -0.2) is 0 Å². The largest absolute Gasteiger partial charge is 0.416 e. The van der Waals surface area contributed by atoms with E-state index < -0.39 is 11.7 Å². The topological polar surface area (TPSA) is 28.7 Å². The van der Waals surface area contributed by atoms with Crippen LogP contribution in [0, 0.1) is 25.2 Å². The molecular formula is C14H10ClF3N2. The lowest BCUT2D eigenvalue weighted by Gasteiger charge is -2.14. The summed E-state index contributed by atoms with van der Waals surface area (Å²) in [6.07, 6.45) is -4.44. The predicted molar refractivity (Wildman–Crippen MR) is 70.0 cm³/mol. The van der Waals surface area contributed by atoms with Gasteiger partial charge in [-0.05, 0) is 38.1 Å². The van der Waals surface area contributed by atoms with Gasteiger partial charge in [0.05, 0.1) is 21.8 Å². The van der Waals surface area contributed by atoms with Crippen LogP contribution in [0.1, 0.15) is 22.5 Å². The van der Waals surface area contributed by atoms with E-state index in [1.807, 2.05) is 6.07 Å². The number of rotatable bonds is 1. The van der Waals surface area contributed by atoms with Gasteiger partial charge >= 0.3 is 6.18 Å². The van der Waals surface area contributed by atoms with Gasteiger partial charge in [-0.3, -0.25) is 0 Å². The molecule has 0 aliphatic heterocycles. The Bertz CT molecular complexity index is 708. The minimum atomic E-state index is -4.44. The summed E-state index contributed by atoms with van der Waals surface area (Å²) in [7, 11) is 0. The maximum absolute atomic E-state index is 12.8. The molecule has 2 aromatic rings. The summed E-state index contributed by atoms with van der Waals surface area (Å²) in [6, 6.07) is 6.76. The summed E-state index contributed by atoms with van der Waals surface area (Å²) in [5, 5.41) is 9.18. The van der Waals surface area contributed by atoms with Crippen LogP contribution in [-0.4, -0.2) is 4.57 Å². The molecule has 0 N–H and O–H groups in total. The third kappa shape index (κ3) is 2.39. The molecule has 0 fully saturated rings. The first-order valence-electron chi connectivity index (χ1n) is 5.72. The summed E-state index contributed by atoms with van der Waals surface area (Å²) < 4.78 is 39.9. The number of nitrogens with zero attached hydrogens (tertiary/aromatic N) is 2. The van der Waals surface area contributed by atoms with Gasteiger partial charge in [0.25, 0.3) is 0 Å². The van der Waals surface area contributed by atoms with Crippen LogP contribution >= 0.6 is 11.6 Å². The van der Waals surface area contributed by atoms with Gasteiger partial charge in [0, 0.05) is 11.4 Å². The second-order valence-corrected chi connectivity index (χ2v) is 4.80. The Balaban J connectivity index is 2.71. The van der Waals surface area contributed by atoms with E-state index in [-0.39, 0.29) is 10.7 Å². The van der Waals surface area contributed by atoms with E-state index >= 15 is 0 Å². The van der Waals surface area contributed by atoms with Crippen molar-refractivity contribution in [3.8, 4) is 11.8 Å². The average Bonchev–Trinajstić information content (AvgIpc) is 2.64. The van der Waals surface area contributed by atoms with Crippen LogP contribution in [0.25, 0.3) is 5.69 Å². The lowest BCUT2D eigenvalue weighted by molar-refractivity contribution is -0.137. The summed E-state index contributed by atoms with van der Waals surface area (Å²) in [4.78, 5) is 0. The quantitative estimate of drug-likeness (QED) is 0.754. The molecule has 0 radical (unpaired) electrons. The normalized spacial score (nSPS) is 11.4. The minimum absolute atomic E-state index is 0.198. The molecule has 0 aliphatic carbocycles. The van der Waals surface area contributed by atoms with E-state index in [1.54, 1.807) is 24.5 Å². The predicted octanol–water partition coefficient (Wildman–Crippen LogP) is 4.64. The van der Waals surface area contributed by atoms with Crippen molar-refractivity contribution in [2.24, 2.45) is 0 Å². The zero-order valence-electron chi connectivity index (χ0n) is 10.7. The zero-order chi connectivity index (χ0) is 15.1. The first kappa shape index (κ1) is 14.5. The van der Waals surface area contributed by atoms with Gasteiger partial charge in [0.2, 0.25) is 0 Å². The van der Waals surface area contributed by atoms with Crippen molar-refractivity contribution < 1.29 is 13.2 Å². The monoisotopic (exact) mass is 298 g/mol. The average molecular weight is 299 g/mol. The molecule has 0 atom stereocenters. The number of hydrogen-bond donors (Lipinski definition) is 0. The van der Waals surface area contributed by atoms with E-state index in [0.29, 0.717) is 17.0 Å². The van der Waals surface area contributed by atoms with E-state index in [9.17, 15) is 13.2 Å². The Morgan fingerprint density at radius 3 is 2.35 bits per heavy atom. The van der Waals surface area contributed by atoms with Crippen molar-refractivity contribution in [2.45, 2.75) is 20.0 Å². The SMILES string of the molecule is Cc1cc(C#N)c(C)n1-c1cc(C(F)(F)F)ccc1Cl. The Morgan fingerprint density at radius 2 is 1.85 bits per heavy atom. The Labute approximate surface area is 119 Å². The molecule has 1 heterocycles. The molecular weight excluding hydrogens is 289 g/mol. The zero-order valence-corrected chi connectivity index (χ0v) is 11.5. The van der Waals surface area contributed by atoms with Crippen LogP contribution in [-0.2, 0) is 6.18 Å². The highest BCUT2D eigenvalue weighted by molar-refractivity contribution is 6.32. The van der Waals surface area contributed by atoms with Crippen molar-refractivity contribution in [2.75, 3.05) is 0 Å². The van der Waals surface area contributed by atoms with Gasteiger partial charge in [0.15, 0.2) is 0 Å². The number of aromatic nitrogens is 1. The van der Waals surface area contributed by atoms with Crippen LogP contribution in [0.5, 0.6) is 0 Å². The molecule has 2 nitrogen and oxygen atoms in total. The smallest absolute Gasteiger partial charge is 0.316 e. The maximum atomic E-state index is 12.8. The van der Waals surface area contributed by atoms with Crippen molar-refractivity contribution in [3.05, 3.63) is 51.8 Å². The van der Waals surface area contributed by atoms with Gasteiger partial charge in [0.1, 0.15) is 6.07 Å². The molecule has 0 spiro atoms. The fraction of sp³-hybridized carbons (Fsp3) is 0.214. The summed E-state index contributed by atoms with van der Waals surface area (Å²) >= 11 is 6.01. The summed E-state index contributed by atoms with van der Waals surface area (Å²) in [6.45, 7) is 3.38. The van der Waals surface area contributed by atoms with Crippen LogP contribution < -0.4 is 0 Å². The van der Waals surface area contributed by atoms with Crippen LogP contribution in [0.4, 0.5) is 13.2 Å².